The number of nitrogens with one attached hydrogen (secondary N) is 1. The molecule has 1 heterocycles. The fraction of sp³-hybridized carbons (Fsp3) is 0.364. The Morgan fingerprint density at radius 1 is 1.18 bits per heavy atom. The van der Waals surface area contributed by atoms with Crippen molar-refractivity contribution >= 4 is 23.2 Å². The van der Waals surface area contributed by atoms with Crippen LogP contribution < -0.4 is 15.0 Å². The Kier molecular flexibility index (Phi) is 5.42. The lowest BCUT2D eigenvalue weighted by Crippen LogP contribution is -2.60. The first-order chi connectivity index (χ1) is 13.3. The normalized spacial score (nSPS) is 16.4. The molecule has 1 N–H and O–H groups in total. The molecule has 28 heavy (non-hydrogen) atoms. The summed E-state index contributed by atoms with van der Waals surface area (Å²) in [5.74, 6) is 0.467. The molecule has 6 nitrogen and oxygen atoms in total. The predicted molar refractivity (Wildman–Crippen MR) is 111 cm³/mol. The smallest absolute Gasteiger partial charge is 0.250 e. The fourth-order valence-electron chi connectivity index (χ4n) is 3.57. The van der Waals surface area contributed by atoms with Crippen LogP contribution in [0.2, 0.25) is 0 Å². The molecule has 2 amide bonds. The minimum Gasteiger partial charge on any atom is -0.496 e. The molecular weight excluding hydrogens is 354 g/mol. The van der Waals surface area contributed by atoms with Crippen molar-refractivity contribution in [2.24, 2.45) is 0 Å². The second-order valence-electron chi connectivity index (χ2n) is 7.59. The second-order valence-corrected chi connectivity index (χ2v) is 7.59. The monoisotopic (exact) mass is 381 g/mol. The minimum absolute atomic E-state index is 0.0305. The van der Waals surface area contributed by atoms with E-state index in [0.717, 1.165) is 17.0 Å². The second kappa shape index (κ2) is 7.64. The molecule has 0 aliphatic carbocycles. The number of anilines is 2. The van der Waals surface area contributed by atoms with Crippen LogP contribution in [-0.2, 0) is 9.59 Å². The number of fused-ring (bicyclic) bond motifs is 1. The van der Waals surface area contributed by atoms with Crippen molar-refractivity contribution in [3.8, 4) is 5.75 Å². The molecule has 0 spiro atoms. The highest BCUT2D eigenvalue weighted by atomic mass is 16.5. The van der Waals surface area contributed by atoms with Gasteiger partial charge >= 0.3 is 0 Å². The summed E-state index contributed by atoms with van der Waals surface area (Å²) in [5.41, 5.74) is 1.41. The molecular formula is C22H27N3O3. The first-order valence-corrected chi connectivity index (χ1v) is 9.34. The van der Waals surface area contributed by atoms with Crippen molar-refractivity contribution in [1.29, 1.82) is 0 Å². The molecule has 2 aromatic carbocycles. The van der Waals surface area contributed by atoms with Gasteiger partial charge in [-0.2, -0.15) is 0 Å². The number of hydrogen-bond donors (Lipinski definition) is 1. The van der Waals surface area contributed by atoms with Crippen molar-refractivity contribution in [2.45, 2.75) is 32.4 Å². The molecule has 0 radical (unpaired) electrons. The Bertz CT molecular complexity index is 894. The number of rotatable bonds is 5. The van der Waals surface area contributed by atoms with E-state index in [1.54, 1.807) is 25.9 Å². The summed E-state index contributed by atoms with van der Waals surface area (Å²) in [6.45, 7) is 5.73. The maximum atomic E-state index is 13.3. The van der Waals surface area contributed by atoms with Crippen LogP contribution in [-0.4, -0.2) is 43.0 Å². The number of para-hydroxylation sites is 3. The van der Waals surface area contributed by atoms with Crippen LogP contribution in [0.3, 0.4) is 0 Å². The van der Waals surface area contributed by atoms with Gasteiger partial charge in [-0.25, -0.2) is 0 Å². The van der Waals surface area contributed by atoms with Gasteiger partial charge in [0.15, 0.2) is 0 Å². The Labute approximate surface area is 166 Å². The molecule has 148 valence electrons. The van der Waals surface area contributed by atoms with E-state index in [1.807, 2.05) is 67.4 Å². The van der Waals surface area contributed by atoms with Gasteiger partial charge in [-0.3, -0.25) is 19.4 Å². The minimum atomic E-state index is -0.972. The van der Waals surface area contributed by atoms with Crippen LogP contribution in [0.15, 0.2) is 48.5 Å². The number of ether oxygens (including phenoxy) is 1. The first-order valence-electron chi connectivity index (χ1n) is 9.34. The maximum absolute atomic E-state index is 13.3. The molecule has 2 aromatic rings. The topological polar surface area (TPSA) is 61.9 Å². The van der Waals surface area contributed by atoms with E-state index >= 15 is 0 Å². The molecule has 1 unspecified atom stereocenters. The number of likely N-dealkylation sites (N-methyl/N-ethyl adjacent to an activating group) is 1. The fourth-order valence-corrected chi connectivity index (χ4v) is 3.57. The summed E-state index contributed by atoms with van der Waals surface area (Å²) in [6, 6.07) is 15.1. The lowest BCUT2D eigenvalue weighted by Gasteiger charge is -2.43. The van der Waals surface area contributed by atoms with Crippen LogP contribution in [0.1, 0.15) is 32.4 Å². The quantitative estimate of drug-likeness (QED) is 0.862. The van der Waals surface area contributed by atoms with Gasteiger partial charge in [0.25, 0.3) is 0 Å². The van der Waals surface area contributed by atoms with Crippen molar-refractivity contribution in [1.82, 2.24) is 4.90 Å². The van der Waals surface area contributed by atoms with E-state index in [9.17, 15) is 9.59 Å². The van der Waals surface area contributed by atoms with E-state index in [-0.39, 0.29) is 24.4 Å². The van der Waals surface area contributed by atoms with E-state index < -0.39 is 5.54 Å². The summed E-state index contributed by atoms with van der Waals surface area (Å²) in [6.07, 6.45) is 0. The van der Waals surface area contributed by atoms with E-state index in [2.05, 4.69) is 5.32 Å². The van der Waals surface area contributed by atoms with Gasteiger partial charge in [-0.15, -0.1) is 0 Å². The Morgan fingerprint density at radius 3 is 2.54 bits per heavy atom. The third kappa shape index (κ3) is 3.47. The standard InChI is InChI=1S/C22H27N3O3/c1-15(16-10-6-9-13-19(16)28-5)24(4)14-20(26)25-18-12-8-7-11-17(18)23-21(27)22(25,2)3/h6-13,15H,14H2,1-5H3,(H,23,27). The highest BCUT2D eigenvalue weighted by molar-refractivity contribution is 6.14. The molecule has 1 atom stereocenters. The number of carbonyl (C=O) groups is 2. The predicted octanol–water partition coefficient (Wildman–Crippen LogP) is 3.45. The van der Waals surface area contributed by atoms with Gasteiger partial charge in [-0.05, 0) is 46.0 Å². The van der Waals surface area contributed by atoms with Crippen LogP contribution in [0.4, 0.5) is 11.4 Å². The maximum Gasteiger partial charge on any atom is 0.250 e. The third-order valence-corrected chi connectivity index (χ3v) is 5.39. The Balaban J connectivity index is 1.86. The van der Waals surface area contributed by atoms with Gasteiger partial charge in [-0.1, -0.05) is 30.3 Å². The van der Waals surface area contributed by atoms with Crippen LogP contribution >= 0.6 is 0 Å². The molecule has 0 aromatic heterocycles. The summed E-state index contributed by atoms with van der Waals surface area (Å²) in [4.78, 5) is 29.4. The number of benzene rings is 2. The van der Waals surface area contributed by atoms with E-state index in [0.29, 0.717) is 5.69 Å². The molecule has 1 aliphatic rings. The average Bonchev–Trinajstić information content (AvgIpc) is 2.67. The molecule has 0 bridgehead atoms. The number of methoxy groups -OCH3 is 1. The van der Waals surface area contributed by atoms with Crippen LogP contribution in [0.5, 0.6) is 5.75 Å². The number of hydrogen-bond acceptors (Lipinski definition) is 4. The number of amides is 2. The van der Waals surface area contributed by atoms with Crippen molar-refractivity contribution in [3.05, 3.63) is 54.1 Å². The Hall–Kier alpha value is -2.86. The van der Waals surface area contributed by atoms with Gasteiger partial charge < -0.3 is 10.1 Å². The van der Waals surface area contributed by atoms with Crippen molar-refractivity contribution < 1.29 is 14.3 Å². The van der Waals surface area contributed by atoms with E-state index in [1.165, 1.54) is 0 Å². The number of nitrogens with zero attached hydrogens (tertiary/aromatic N) is 2. The number of carbonyl (C=O) groups excluding carboxylic acids is 2. The zero-order chi connectivity index (χ0) is 20.5. The highest BCUT2D eigenvalue weighted by Crippen LogP contribution is 2.37. The zero-order valence-corrected chi connectivity index (χ0v) is 17.0. The molecule has 6 heteroatoms. The SMILES string of the molecule is COc1ccccc1C(C)N(C)CC(=O)N1c2ccccc2NC(=O)C1(C)C. The van der Waals surface area contributed by atoms with Crippen molar-refractivity contribution in [3.63, 3.8) is 0 Å². The van der Waals surface area contributed by atoms with Gasteiger partial charge in [0.1, 0.15) is 11.3 Å². The molecule has 0 saturated heterocycles. The van der Waals surface area contributed by atoms with E-state index in [4.69, 9.17) is 4.74 Å². The summed E-state index contributed by atoms with van der Waals surface area (Å²) < 4.78 is 5.46. The lowest BCUT2D eigenvalue weighted by molar-refractivity contribution is -0.127. The molecule has 3 rings (SSSR count). The van der Waals surface area contributed by atoms with Crippen LogP contribution in [0, 0.1) is 0 Å². The largest absolute Gasteiger partial charge is 0.496 e. The first kappa shape index (κ1) is 19.9. The van der Waals surface area contributed by atoms with Gasteiger partial charge in [0, 0.05) is 11.6 Å². The van der Waals surface area contributed by atoms with Gasteiger partial charge in [0.05, 0.1) is 25.0 Å². The van der Waals surface area contributed by atoms with Crippen molar-refractivity contribution in [2.75, 3.05) is 30.9 Å². The summed E-state index contributed by atoms with van der Waals surface area (Å²) >= 11 is 0. The summed E-state index contributed by atoms with van der Waals surface area (Å²) in [5, 5.41) is 2.89. The zero-order valence-electron chi connectivity index (χ0n) is 17.0. The summed E-state index contributed by atoms with van der Waals surface area (Å²) in [7, 11) is 3.54. The third-order valence-electron chi connectivity index (χ3n) is 5.39. The lowest BCUT2D eigenvalue weighted by atomic mass is 9.96. The molecule has 0 fully saturated rings. The average molecular weight is 381 g/mol. The van der Waals surface area contributed by atoms with Gasteiger partial charge in [0.2, 0.25) is 11.8 Å². The highest BCUT2D eigenvalue weighted by Gasteiger charge is 2.43. The molecule has 1 aliphatic heterocycles. The van der Waals surface area contributed by atoms with Crippen LogP contribution in [0.25, 0.3) is 0 Å². The Morgan fingerprint density at radius 2 is 1.82 bits per heavy atom. The molecule has 0 saturated carbocycles.